The lowest BCUT2D eigenvalue weighted by Gasteiger charge is -2.40. The van der Waals surface area contributed by atoms with Gasteiger partial charge >= 0.3 is 0 Å². The fourth-order valence-electron chi connectivity index (χ4n) is 4.75. The Morgan fingerprint density at radius 1 is 0.682 bits per heavy atom. The summed E-state index contributed by atoms with van der Waals surface area (Å²) in [5.74, 6) is 0. The highest BCUT2D eigenvalue weighted by molar-refractivity contribution is 5.48. The minimum absolute atomic E-state index is 0.444. The Balaban J connectivity index is 1.74. The molecule has 0 fully saturated rings. The maximum Gasteiger partial charge on any atom is -0.00692 e. The van der Waals surface area contributed by atoms with Gasteiger partial charge in [0.05, 0.1) is 0 Å². The molecule has 0 spiro atoms. The molecule has 0 nitrogen and oxygen atoms in total. The molecule has 0 aromatic heterocycles. The average molecular weight is 292 g/mol. The molecule has 0 saturated heterocycles. The maximum atomic E-state index is 2.53. The van der Waals surface area contributed by atoms with Crippen molar-refractivity contribution < 1.29 is 0 Å². The Bertz CT molecular complexity index is 581. The van der Waals surface area contributed by atoms with Crippen LogP contribution in [0.2, 0.25) is 0 Å². The number of rotatable bonds is 0. The molecule has 0 bridgehead atoms. The molecule has 116 valence electrons. The zero-order valence-corrected chi connectivity index (χ0v) is 14.1. The van der Waals surface area contributed by atoms with Gasteiger partial charge in [0, 0.05) is 0 Å². The van der Waals surface area contributed by atoms with E-state index < -0.39 is 0 Å². The van der Waals surface area contributed by atoms with Crippen LogP contribution in [0, 0.1) is 10.8 Å². The first-order valence-corrected chi connectivity index (χ1v) is 9.09. The van der Waals surface area contributed by atoms with Crippen LogP contribution in [-0.2, 0) is 0 Å². The van der Waals surface area contributed by atoms with Crippen molar-refractivity contribution >= 4 is 0 Å². The Labute approximate surface area is 135 Å². The Kier molecular flexibility index (Phi) is 3.33. The first kappa shape index (κ1) is 14.3. The van der Waals surface area contributed by atoms with Gasteiger partial charge in [0.2, 0.25) is 0 Å². The SMILES string of the molecule is C[C@]12CCC=CC1=C/C(=C1/C=C3C=CCC[C@]3(C)CC1)CC2. The van der Waals surface area contributed by atoms with Crippen molar-refractivity contribution in [1.29, 1.82) is 0 Å². The second-order valence-corrected chi connectivity index (χ2v) is 8.25. The molecule has 0 N–H and O–H groups in total. The van der Waals surface area contributed by atoms with Crippen molar-refractivity contribution in [2.45, 2.75) is 65.2 Å². The molecule has 4 aliphatic carbocycles. The topological polar surface area (TPSA) is 0 Å². The highest BCUT2D eigenvalue weighted by Gasteiger charge is 2.35. The van der Waals surface area contributed by atoms with E-state index in [2.05, 4.69) is 50.3 Å². The summed E-state index contributed by atoms with van der Waals surface area (Å²) >= 11 is 0. The van der Waals surface area contributed by atoms with Gasteiger partial charge in [-0.05, 0) is 84.5 Å². The predicted octanol–water partition coefficient (Wildman–Crippen LogP) is 6.44. The van der Waals surface area contributed by atoms with Crippen molar-refractivity contribution in [1.82, 2.24) is 0 Å². The van der Waals surface area contributed by atoms with E-state index in [0.717, 1.165) is 0 Å². The average Bonchev–Trinajstić information content (AvgIpc) is 2.53. The molecule has 0 aliphatic heterocycles. The van der Waals surface area contributed by atoms with Gasteiger partial charge in [0.1, 0.15) is 0 Å². The summed E-state index contributed by atoms with van der Waals surface area (Å²) in [5, 5.41) is 0. The lowest BCUT2D eigenvalue weighted by molar-refractivity contribution is 0.322. The minimum atomic E-state index is 0.444. The van der Waals surface area contributed by atoms with Crippen molar-refractivity contribution in [3.05, 3.63) is 58.7 Å². The molecular weight excluding hydrogens is 264 g/mol. The number of hydrogen-bond donors (Lipinski definition) is 0. The van der Waals surface area contributed by atoms with E-state index >= 15 is 0 Å². The summed E-state index contributed by atoms with van der Waals surface area (Å²) in [4.78, 5) is 0. The third kappa shape index (κ3) is 2.28. The van der Waals surface area contributed by atoms with E-state index in [4.69, 9.17) is 0 Å². The fraction of sp³-hybridized carbons (Fsp3) is 0.545. The van der Waals surface area contributed by atoms with Crippen LogP contribution in [0.1, 0.15) is 65.2 Å². The molecule has 0 unspecified atom stereocenters. The lowest BCUT2D eigenvalue weighted by Crippen LogP contribution is -2.26. The molecule has 2 atom stereocenters. The summed E-state index contributed by atoms with van der Waals surface area (Å²) in [6.45, 7) is 4.92. The molecule has 0 saturated carbocycles. The summed E-state index contributed by atoms with van der Waals surface area (Å²) in [6.07, 6.45) is 25.0. The van der Waals surface area contributed by atoms with E-state index in [1.54, 1.807) is 22.3 Å². The second-order valence-electron chi connectivity index (χ2n) is 8.25. The first-order valence-electron chi connectivity index (χ1n) is 9.09. The van der Waals surface area contributed by atoms with Crippen LogP contribution in [0.5, 0.6) is 0 Å². The molecule has 0 heterocycles. The molecular formula is C22H28. The number of hydrogen-bond acceptors (Lipinski definition) is 0. The van der Waals surface area contributed by atoms with Gasteiger partial charge < -0.3 is 0 Å². The van der Waals surface area contributed by atoms with Crippen molar-refractivity contribution in [2.24, 2.45) is 10.8 Å². The lowest BCUT2D eigenvalue weighted by atomic mass is 9.65. The normalized spacial score (nSPS) is 40.6. The number of fused-ring (bicyclic) bond motifs is 2. The van der Waals surface area contributed by atoms with E-state index in [1.165, 1.54) is 51.4 Å². The number of allylic oxidation sites excluding steroid dienone is 10. The monoisotopic (exact) mass is 292 g/mol. The maximum absolute atomic E-state index is 2.53. The van der Waals surface area contributed by atoms with Crippen LogP contribution < -0.4 is 0 Å². The third-order valence-corrected chi connectivity index (χ3v) is 6.68. The van der Waals surface area contributed by atoms with Crippen LogP contribution in [0.25, 0.3) is 0 Å². The molecule has 4 rings (SSSR count). The van der Waals surface area contributed by atoms with Crippen molar-refractivity contribution in [2.75, 3.05) is 0 Å². The van der Waals surface area contributed by atoms with Crippen molar-refractivity contribution in [3.8, 4) is 0 Å². The third-order valence-electron chi connectivity index (χ3n) is 6.68. The molecule has 0 radical (unpaired) electrons. The molecule has 0 aromatic rings. The van der Waals surface area contributed by atoms with Gasteiger partial charge in [-0.25, -0.2) is 0 Å². The molecule has 0 amide bonds. The Morgan fingerprint density at radius 2 is 1.14 bits per heavy atom. The van der Waals surface area contributed by atoms with Gasteiger partial charge in [-0.2, -0.15) is 0 Å². The Morgan fingerprint density at radius 3 is 1.59 bits per heavy atom. The van der Waals surface area contributed by atoms with Crippen LogP contribution in [0.3, 0.4) is 0 Å². The molecule has 0 aromatic carbocycles. The largest absolute Gasteiger partial charge is 0.0842 e. The summed E-state index contributed by atoms with van der Waals surface area (Å²) in [7, 11) is 0. The van der Waals surface area contributed by atoms with E-state index in [0.29, 0.717) is 10.8 Å². The fourth-order valence-corrected chi connectivity index (χ4v) is 4.75. The minimum Gasteiger partial charge on any atom is -0.0842 e. The molecule has 22 heavy (non-hydrogen) atoms. The van der Waals surface area contributed by atoms with Crippen LogP contribution in [-0.4, -0.2) is 0 Å². The molecule has 0 heteroatoms. The van der Waals surface area contributed by atoms with Crippen LogP contribution in [0.15, 0.2) is 58.7 Å². The van der Waals surface area contributed by atoms with Gasteiger partial charge in [-0.15, -0.1) is 0 Å². The van der Waals surface area contributed by atoms with Crippen molar-refractivity contribution in [3.63, 3.8) is 0 Å². The van der Waals surface area contributed by atoms with E-state index in [1.807, 2.05) is 0 Å². The summed E-state index contributed by atoms with van der Waals surface area (Å²) in [5.41, 5.74) is 7.29. The molecule has 4 aliphatic rings. The van der Waals surface area contributed by atoms with Crippen LogP contribution in [0.4, 0.5) is 0 Å². The van der Waals surface area contributed by atoms with Crippen LogP contribution >= 0.6 is 0 Å². The smallest absolute Gasteiger partial charge is 0.00692 e. The van der Waals surface area contributed by atoms with E-state index in [9.17, 15) is 0 Å². The Hall–Kier alpha value is -1.30. The summed E-state index contributed by atoms with van der Waals surface area (Å²) < 4.78 is 0. The highest BCUT2D eigenvalue weighted by Crippen LogP contribution is 2.49. The highest BCUT2D eigenvalue weighted by atomic mass is 14.4. The van der Waals surface area contributed by atoms with E-state index in [-0.39, 0.29) is 0 Å². The first-order chi connectivity index (χ1) is 10.6. The van der Waals surface area contributed by atoms with Gasteiger partial charge in [0.15, 0.2) is 0 Å². The quantitative estimate of drug-likeness (QED) is 0.482. The van der Waals surface area contributed by atoms with Gasteiger partial charge in [-0.1, -0.05) is 50.3 Å². The predicted molar refractivity (Wildman–Crippen MR) is 94.6 cm³/mol. The zero-order valence-electron chi connectivity index (χ0n) is 14.1. The second kappa shape index (κ2) is 5.11. The zero-order chi connectivity index (χ0) is 15.2. The summed E-state index contributed by atoms with van der Waals surface area (Å²) in [6, 6.07) is 0. The van der Waals surface area contributed by atoms with Gasteiger partial charge in [-0.3, -0.25) is 0 Å². The van der Waals surface area contributed by atoms with Gasteiger partial charge in [0.25, 0.3) is 0 Å². The standard InChI is InChI=1S/C22H28/c1-21-11-5-3-7-19(21)15-17(9-13-21)18-10-14-22(2)12-6-4-8-20(22)16-18/h3-4,7-8,15-16H,5-6,9-14H2,1-2H3/b18-17+/t21-,22-/m1/s1.